The van der Waals surface area contributed by atoms with Gasteiger partial charge in [0.25, 0.3) is 0 Å². The highest BCUT2D eigenvalue weighted by Crippen LogP contribution is 2.16. The summed E-state index contributed by atoms with van der Waals surface area (Å²) in [6.45, 7) is 4.24. The number of rotatable bonds is 6. The number of aliphatic hydroxyl groups is 1. The molecule has 0 saturated carbocycles. The lowest BCUT2D eigenvalue weighted by molar-refractivity contribution is 0.261. The maximum atomic E-state index is 8.98. The van der Waals surface area contributed by atoms with Crippen LogP contribution in [0.5, 0.6) is 5.75 Å². The van der Waals surface area contributed by atoms with Crippen LogP contribution in [-0.4, -0.2) is 16.7 Å². The Bertz CT molecular complexity index is 286. The van der Waals surface area contributed by atoms with E-state index in [-0.39, 0.29) is 6.61 Å². The van der Waals surface area contributed by atoms with Crippen molar-refractivity contribution in [2.75, 3.05) is 6.61 Å². The summed E-state index contributed by atoms with van der Waals surface area (Å²) in [5.41, 5.74) is 0.728. The van der Waals surface area contributed by atoms with Gasteiger partial charge in [0.2, 0.25) is 0 Å². The largest absolute Gasteiger partial charge is 0.493 e. The molecule has 0 spiro atoms. The van der Waals surface area contributed by atoms with Gasteiger partial charge in [0.05, 0.1) is 13.2 Å². The van der Waals surface area contributed by atoms with Crippen LogP contribution in [0.25, 0.3) is 0 Å². The number of aromatic nitrogens is 1. The van der Waals surface area contributed by atoms with Crippen LogP contribution in [-0.2, 0) is 6.61 Å². The molecule has 0 aromatic carbocycles. The fourth-order valence-electron chi connectivity index (χ4n) is 1.08. The molecule has 0 atom stereocenters. The minimum Gasteiger partial charge on any atom is -0.493 e. The highest BCUT2D eigenvalue weighted by Gasteiger charge is 2.00. The number of pyridine rings is 1. The van der Waals surface area contributed by atoms with Crippen molar-refractivity contribution in [2.24, 2.45) is 0 Å². The lowest BCUT2D eigenvalue weighted by Gasteiger charge is -2.08. The van der Waals surface area contributed by atoms with E-state index in [0.717, 1.165) is 18.4 Å². The molecule has 3 nitrogen and oxygen atoms in total. The van der Waals surface area contributed by atoms with Gasteiger partial charge in [-0.2, -0.15) is 0 Å². The van der Waals surface area contributed by atoms with Crippen LogP contribution >= 0.6 is 0 Å². The minimum atomic E-state index is -0.0371. The molecule has 0 fully saturated rings. The number of aliphatic hydroxyl groups excluding tert-OH is 1. The van der Waals surface area contributed by atoms with E-state index >= 15 is 0 Å². The molecular formula is C11H15NO2. The predicted octanol–water partition coefficient (Wildman–Crippen LogP) is 1.92. The van der Waals surface area contributed by atoms with Crippen molar-refractivity contribution in [3.8, 4) is 5.75 Å². The van der Waals surface area contributed by atoms with Crippen LogP contribution in [0.4, 0.5) is 0 Å². The Hall–Kier alpha value is -1.35. The average molecular weight is 193 g/mol. The summed E-state index contributed by atoms with van der Waals surface area (Å²) in [5.74, 6) is 0.714. The molecule has 1 aromatic rings. The summed E-state index contributed by atoms with van der Waals surface area (Å²) in [7, 11) is 0. The van der Waals surface area contributed by atoms with Crippen LogP contribution in [0.3, 0.4) is 0 Å². The van der Waals surface area contributed by atoms with Crippen molar-refractivity contribution in [3.63, 3.8) is 0 Å². The fourth-order valence-corrected chi connectivity index (χ4v) is 1.08. The zero-order chi connectivity index (χ0) is 10.2. The molecule has 0 aliphatic heterocycles. The van der Waals surface area contributed by atoms with E-state index in [2.05, 4.69) is 11.6 Å². The second-order valence-corrected chi connectivity index (χ2v) is 2.92. The second-order valence-electron chi connectivity index (χ2n) is 2.92. The van der Waals surface area contributed by atoms with E-state index in [4.69, 9.17) is 9.84 Å². The van der Waals surface area contributed by atoms with E-state index in [1.165, 1.54) is 0 Å². The van der Waals surface area contributed by atoms with Crippen molar-refractivity contribution in [3.05, 3.63) is 36.7 Å². The standard InChI is InChI=1S/C11H15NO2/c1-2-3-4-7-14-11-5-6-12-8-10(11)9-13/h2,5-6,8,13H,1,3-4,7,9H2. The number of hydrogen-bond donors (Lipinski definition) is 1. The van der Waals surface area contributed by atoms with Gasteiger partial charge in [0.1, 0.15) is 5.75 Å². The third kappa shape index (κ3) is 3.18. The number of nitrogens with zero attached hydrogens (tertiary/aromatic N) is 1. The third-order valence-electron chi connectivity index (χ3n) is 1.84. The lowest BCUT2D eigenvalue weighted by Crippen LogP contribution is -2.00. The molecule has 0 aliphatic carbocycles. The molecule has 0 radical (unpaired) electrons. The van der Waals surface area contributed by atoms with Crippen LogP contribution in [0.2, 0.25) is 0 Å². The van der Waals surface area contributed by atoms with Gasteiger partial charge in [-0.1, -0.05) is 6.08 Å². The number of hydrogen-bond acceptors (Lipinski definition) is 3. The molecule has 0 unspecified atom stereocenters. The summed E-state index contributed by atoms with van der Waals surface area (Å²) in [6.07, 6.45) is 7.02. The first-order chi connectivity index (χ1) is 6.88. The van der Waals surface area contributed by atoms with Crippen molar-refractivity contribution in [1.82, 2.24) is 4.98 Å². The van der Waals surface area contributed by atoms with Gasteiger partial charge in [0.15, 0.2) is 0 Å². The van der Waals surface area contributed by atoms with Gasteiger partial charge >= 0.3 is 0 Å². The maximum Gasteiger partial charge on any atom is 0.127 e. The van der Waals surface area contributed by atoms with Gasteiger partial charge in [-0.25, -0.2) is 0 Å². The van der Waals surface area contributed by atoms with Crippen molar-refractivity contribution >= 4 is 0 Å². The molecular weight excluding hydrogens is 178 g/mol. The van der Waals surface area contributed by atoms with Crippen LogP contribution in [0.15, 0.2) is 31.1 Å². The quantitative estimate of drug-likeness (QED) is 0.554. The van der Waals surface area contributed by atoms with Crippen molar-refractivity contribution in [1.29, 1.82) is 0 Å². The Morgan fingerprint density at radius 3 is 3.14 bits per heavy atom. The fraction of sp³-hybridized carbons (Fsp3) is 0.364. The van der Waals surface area contributed by atoms with E-state index < -0.39 is 0 Å². The van der Waals surface area contributed by atoms with Gasteiger partial charge in [0, 0.05) is 18.0 Å². The lowest BCUT2D eigenvalue weighted by atomic mass is 10.2. The smallest absolute Gasteiger partial charge is 0.127 e. The molecule has 14 heavy (non-hydrogen) atoms. The topological polar surface area (TPSA) is 42.4 Å². The Morgan fingerprint density at radius 1 is 1.57 bits per heavy atom. The predicted molar refractivity (Wildman–Crippen MR) is 55.1 cm³/mol. The Kier molecular flexibility index (Phi) is 4.72. The summed E-state index contributed by atoms with van der Waals surface area (Å²) < 4.78 is 5.48. The average Bonchev–Trinajstić information content (AvgIpc) is 2.25. The summed E-state index contributed by atoms with van der Waals surface area (Å²) in [4.78, 5) is 3.90. The molecule has 1 rings (SSSR count). The molecule has 1 N–H and O–H groups in total. The number of unbranched alkanes of at least 4 members (excludes halogenated alkanes) is 1. The zero-order valence-electron chi connectivity index (χ0n) is 8.15. The van der Waals surface area contributed by atoms with Crippen molar-refractivity contribution < 1.29 is 9.84 Å². The highest BCUT2D eigenvalue weighted by molar-refractivity contribution is 5.29. The SMILES string of the molecule is C=CCCCOc1ccncc1CO. The summed E-state index contributed by atoms with van der Waals surface area (Å²) in [5, 5.41) is 8.98. The first-order valence-corrected chi connectivity index (χ1v) is 4.66. The molecule has 3 heteroatoms. The van der Waals surface area contributed by atoms with Crippen LogP contribution < -0.4 is 4.74 Å². The first-order valence-electron chi connectivity index (χ1n) is 4.66. The summed E-state index contributed by atoms with van der Waals surface area (Å²) >= 11 is 0. The first kappa shape index (κ1) is 10.7. The van der Waals surface area contributed by atoms with Crippen molar-refractivity contribution in [2.45, 2.75) is 19.4 Å². The van der Waals surface area contributed by atoms with E-state index in [1.807, 2.05) is 6.08 Å². The molecule has 76 valence electrons. The molecule has 0 aliphatic rings. The minimum absolute atomic E-state index is 0.0371. The Balaban J connectivity index is 2.44. The maximum absolute atomic E-state index is 8.98. The van der Waals surface area contributed by atoms with Gasteiger partial charge in [-0.05, 0) is 18.9 Å². The Labute approximate surface area is 84.1 Å². The molecule has 1 heterocycles. The molecule has 0 amide bonds. The highest BCUT2D eigenvalue weighted by atomic mass is 16.5. The zero-order valence-corrected chi connectivity index (χ0v) is 8.15. The third-order valence-corrected chi connectivity index (χ3v) is 1.84. The van der Waals surface area contributed by atoms with E-state index in [0.29, 0.717) is 12.4 Å². The normalized spacial score (nSPS) is 9.79. The van der Waals surface area contributed by atoms with Gasteiger partial charge in [-0.3, -0.25) is 4.98 Å². The summed E-state index contributed by atoms with van der Waals surface area (Å²) in [6, 6.07) is 1.76. The van der Waals surface area contributed by atoms with Crippen LogP contribution in [0.1, 0.15) is 18.4 Å². The second kappa shape index (κ2) is 6.16. The van der Waals surface area contributed by atoms with E-state index in [1.54, 1.807) is 18.5 Å². The van der Waals surface area contributed by atoms with E-state index in [9.17, 15) is 0 Å². The molecule has 0 saturated heterocycles. The van der Waals surface area contributed by atoms with Gasteiger partial charge in [-0.15, -0.1) is 6.58 Å². The number of allylic oxidation sites excluding steroid dienone is 1. The van der Waals surface area contributed by atoms with Crippen LogP contribution in [0, 0.1) is 0 Å². The van der Waals surface area contributed by atoms with Gasteiger partial charge < -0.3 is 9.84 Å². The molecule has 1 aromatic heterocycles. The molecule has 0 bridgehead atoms. The monoisotopic (exact) mass is 193 g/mol. The number of ether oxygens (including phenoxy) is 1. The Morgan fingerprint density at radius 2 is 2.43 bits per heavy atom.